The maximum absolute atomic E-state index is 5.54. The molecule has 5 rings (SSSR count). The standard InChI is InChI=1S/C23H27N5OS/c1-29-21-10-6-5-9-20(21)27-13-11-26(12-14-27)15-17-16-28-22(24-17)18-7-3-4-8-19(18)25-23(28)30-2/h3-10,17H,11-16H2,1-2H3. The number of methoxy groups -OCH3 is 1. The molecular weight excluding hydrogens is 394 g/mol. The quantitative estimate of drug-likeness (QED) is 0.758. The lowest BCUT2D eigenvalue weighted by Crippen LogP contribution is -2.49. The SMILES string of the molecule is COc1ccccc1N1CCN(CC2CN3C(SC)=Nc4ccccc4C3=N2)CC1. The zero-order valence-corrected chi connectivity index (χ0v) is 18.3. The Bertz CT molecular complexity index is 983. The van der Waals surface area contributed by atoms with Crippen LogP contribution < -0.4 is 9.64 Å². The van der Waals surface area contributed by atoms with Crippen LogP contribution in [0.15, 0.2) is 58.5 Å². The number of ether oxygens (including phenoxy) is 1. The van der Waals surface area contributed by atoms with Gasteiger partial charge in [-0.15, -0.1) is 0 Å². The van der Waals surface area contributed by atoms with Crippen molar-refractivity contribution in [3.63, 3.8) is 0 Å². The fourth-order valence-electron chi connectivity index (χ4n) is 4.50. The van der Waals surface area contributed by atoms with Crippen molar-refractivity contribution in [2.45, 2.75) is 6.04 Å². The van der Waals surface area contributed by atoms with Crippen LogP contribution in [0.5, 0.6) is 5.75 Å². The van der Waals surface area contributed by atoms with Crippen LogP contribution in [0.2, 0.25) is 0 Å². The summed E-state index contributed by atoms with van der Waals surface area (Å²) in [5.41, 5.74) is 3.37. The summed E-state index contributed by atoms with van der Waals surface area (Å²) in [6, 6.07) is 16.9. The maximum Gasteiger partial charge on any atom is 0.169 e. The molecule has 3 heterocycles. The summed E-state index contributed by atoms with van der Waals surface area (Å²) >= 11 is 1.70. The van der Waals surface area contributed by atoms with Crippen LogP contribution in [0.4, 0.5) is 11.4 Å². The molecule has 3 aliphatic rings. The normalized spacial score (nSPS) is 21.1. The van der Waals surface area contributed by atoms with Crippen LogP contribution in [0.1, 0.15) is 5.56 Å². The molecule has 3 aliphatic heterocycles. The van der Waals surface area contributed by atoms with E-state index in [1.54, 1.807) is 18.9 Å². The molecule has 1 unspecified atom stereocenters. The summed E-state index contributed by atoms with van der Waals surface area (Å²) in [6.45, 7) is 6.00. The van der Waals surface area contributed by atoms with Crippen molar-refractivity contribution in [2.24, 2.45) is 9.98 Å². The first kappa shape index (κ1) is 19.5. The molecule has 0 saturated carbocycles. The molecule has 1 fully saturated rings. The summed E-state index contributed by atoms with van der Waals surface area (Å²) in [7, 11) is 1.74. The van der Waals surface area contributed by atoms with Gasteiger partial charge in [-0.05, 0) is 30.5 Å². The van der Waals surface area contributed by atoms with E-state index in [9.17, 15) is 0 Å². The largest absolute Gasteiger partial charge is 0.495 e. The monoisotopic (exact) mass is 421 g/mol. The zero-order valence-electron chi connectivity index (χ0n) is 17.5. The number of rotatable bonds is 4. The fourth-order valence-corrected chi connectivity index (χ4v) is 5.07. The Balaban J connectivity index is 1.26. The van der Waals surface area contributed by atoms with Crippen LogP contribution in [-0.4, -0.2) is 79.5 Å². The highest BCUT2D eigenvalue weighted by atomic mass is 32.2. The summed E-state index contributed by atoms with van der Waals surface area (Å²) in [5.74, 6) is 2.04. The molecule has 156 valence electrons. The summed E-state index contributed by atoms with van der Waals surface area (Å²) in [4.78, 5) is 17.2. The van der Waals surface area contributed by atoms with Crippen molar-refractivity contribution in [1.82, 2.24) is 9.80 Å². The van der Waals surface area contributed by atoms with Crippen molar-refractivity contribution in [2.75, 3.05) is 57.5 Å². The second-order valence-electron chi connectivity index (χ2n) is 7.79. The average Bonchev–Trinajstić information content (AvgIpc) is 3.23. The number of anilines is 1. The minimum Gasteiger partial charge on any atom is -0.495 e. The van der Waals surface area contributed by atoms with E-state index in [1.165, 1.54) is 5.69 Å². The van der Waals surface area contributed by atoms with Gasteiger partial charge in [0.15, 0.2) is 5.17 Å². The van der Waals surface area contributed by atoms with Crippen molar-refractivity contribution in [3.8, 4) is 5.75 Å². The fraction of sp³-hybridized carbons (Fsp3) is 0.391. The van der Waals surface area contributed by atoms with Crippen LogP contribution >= 0.6 is 11.8 Å². The predicted molar refractivity (Wildman–Crippen MR) is 126 cm³/mol. The van der Waals surface area contributed by atoms with Crippen LogP contribution in [-0.2, 0) is 0 Å². The number of nitrogens with zero attached hydrogens (tertiary/aromatic N) is 5. The molecule has 7 heteroatoms. The van der Waals surface area contributed by atoms with Gasteiger partial charge in [-0.2, -0.15) is 0 Å². The van der Waals surface area contributed by atoms with Gasteiger partial charge in [0.2, 0.25) is 0 Å². The van der Waals surface area contributed by atoms with Crippen LogP contribution in [0.25, 0.3) is 0 Å². The highest BCUT2D eigenvalue weighted by Gasteiger charge is 2.34. The molecule has 6 nitrogen and oxygen atoms in total. The predicted octanol–water partition coefficient (Wildman–Crippen LogP) is 3.31. The number of aliphatic imine (C=N–C) groups is 2. The Morgan fingerprint density at radius 1 is 1.03 bits per heavy atom. The molecule has 0 amide bonds. The topological polar surface area (TPSA) is 43.7 Å². The minimum atomic E-state index is 0.279. The average molecular weight is 422 g/mol. The molecule has 0 bridgehead atoms. The zero-order chi connectivity index (χ0) is 20.5. The lowest BCUT2D eigenvalue weighted by molar-refractivity contribution is 0.241. The molecule has 0 N–H and O–H groups in total. The lowest BCUT2D eigenvalue weighted by atomic mass is 10.1. The Hall–Kier alpha value is -2.51. The van der Waals surface area contributed by atoms with Crippen molar-refractivity contribution in [1.29, 1.82) is 0 Å². The Morgan fingerprint density at radius 3 is 2.60 bits per heavy atom. The minimum absolute atomic E-state index is 0.279. The van der Waals surface area contributed by atoms with Crippen molar-refractivity contribution < 1.29 is 4.74 Å². The van der Waals surface area contributed by atoms with E-state index >= 15 is 0 Å². The van der Waals surface area contributed by atoms with Gasteiger partial charge < -0.3 is 14.5 Å². The van der Waals surface area contributed by atoms with Gasteiger partial charge in [0.05, 0.1) is 31.1 Å². The molecule has 1 saturated heterocycles. The van der Waals surface area contributed by atoms with E-state index in [0.29, 0.717) is 0 Å². The lowest BCUT2D eigenvalue weighted by Gasteiger charge is -2.37. The Labute approximate surface area is 182 Å². The number of hydrogen-bond donors (Lipinski definition) is 0. The van der Waals surface area contributed by atoms with E-state index in [1.807, 2.05) is 18.2 Å². The summed E-state index contributed by atoms with van der Waals surface area (Å²) in [5, 5.41) is 1.05. The van der Waals surface area contributed by atoms with Gasteiger partial charge in [-0.1, -0.05) is 36.0 Å². The van der Waals surface area contributed by atoms with E-state index in [2.05, 4.69) is 51.3 Å². The van der Waals surface area contributed by atoms with Gasteiger partial charge >= 0.3 is 0 Å². The summed E-state index contributed by atoms with van der Waals surface area (Å²) < 4.78 is 5.54. The number of piperazine rings is 1. The van der Waals surface area contributed by atoms with E-state index in [4.69, 9.17) is 14.7 Å². The first-order chi connectivity index (χ1) is 14.8. The number of amidine groups is 2. The second-order valence-corrected chi connectivity index (χ2v) is 8.57. The van der Waals surface area contributed by atoms with Crippen LogP contribution in [0, 0.1) is 0 Å². The molecule has 0 radical (unpaired) electrons. The smallest absolute Gasteiger partial charge is 0.169 e. The summed E-state index contributed by atoms with van der Waals surface area (Å²) in [6.07, 6.45) is 2.09. The van der Waals surface area contributed by atoms with Gasteiger partial charge in [-0.3, -0.25) is 9.89 Å². The van der Waals surface area contributed by atoms with Crippen molar-refractivity contribution in [3.05, 3.63) is 54.1 Å². The second kappa shape index (κ2) is 8.32. The first-order valence-corrected chi connectivity index (χ1v) is 11.7. The third-order valence-corrected chi connectivity index (χ3v) is 6.67. The Morgan fingerprint density at radius 2 is 1.80 bits per heavy atom. The molecular formula is C23H27N5OS. The molecule has 1 atom stereocenters. The third kappa shape index (κ3) is 3.56. The Kier molecular flexibility index (Phi) is 5.39. The van der Waals surface area contributed by atoms with Gasteiger partial charge in [0.1, 0.15) is 11.6 Å². The number of fused-ring (bicyclic) bond motifs is 3. The number of thioether (sulfide) groups is 1. The first-order valence-electron chi connectivity index (χ1n) is 10.4. The highest BCUT2D eigenvalue weighted by molar-refractivity contribution is 8.13. The van der Waals surface area contributed by atoms with Crippen molar-refractivity contribution >= 4 is 34.1 Å². The molecule has 0 aromatic heterocycles. The maximum atomic E-state index is 5.54. The van der Waals surface area contributed by atoms with Crippen LogP contribution in [0.3, 0.4) is 0 Å². The number of hydrogen-bond acceptors (Lipinski definition) is 7. The van der Waals surface area contributed by atoms with E-state index in [0.717, 1.165) is 67.3 Å². The van der Waals surface area contributed by atoms with Gasteiger partial charge in [0, 0.05) is 38.3 Å². The number of benzene rings is 2. The van der Waals surface area contributed by atoms with Gasteiger partial charge in [0.25, 0.3) is 0 Å². The van der Waals surface area contributed by atoms with E-state index < -0.39 is 0 Å². The molecule has 0 spiro atoms. The molecule has 30 heavy (non-hydrogen) atoms. The third-order valence-electron chi connectivity index (χ3n) is 6.00. The molecule has 2 aromatic carbocycles. The highest BCUT2D eigenvalue weighted by Crippen LogP contribution is 2.33. The molecule has 2 aromatic rings. The number of para-hydroxylation sites is 3. The molecule has 0 aliphatic carbocycles. The van der Waals surface area contributed by atoms with E-state index in [-0.39, 0.29) is 6.04 Å². The van der Waals surface area contributed by atoms with Gasteiger partial charge in [-0.25, -0.2) is 4.99 Å².